The molecule has 2 N–H and O–H groups in total. The molecular weight excluding hydrogens is 377 g/mol. The van der Waals surface area contributed by atoms with Crippen molar-refractivity contribution in [1.82, 2.24) is 10.2 Å². The van der Waals surface area contributed by atoms with Crippen molar-refractivity contribution in [3.05, 3.63) is 33.8 Å². The number of carbonyl (C=O) groups excluding carboxylic acids is 2. The zero-order valence-corrected chi connectivity index (χ0v) is 16.5. The van der Waals surface area contributed by atoms with E-state index in [1.165, 1.54) is 4.90 Å². The van der Waals surface area contributed by atoms with Gasteiger partial charge in [0.1, 0.15) is 0 Å². The Bertz CT molecular complexity index is 599. The van der Waals surface area contributed by atoms with Gasteiger partial charge in [0.05, 0.1) is 32.6 Å². The maximum absolute atomic E-state index is 12.5. The molecule has 1 aromatic rings. The molecule has 0 aliphatic carbocycles. The van der Waals surface area contributed by atoms with Crippen LogP contribution in [0.2, 0.25) is 10.0 Å². The number of ether oxygens (including phenoxy) is 1. The van der Waals surface area contributed by atoms with Crippen molar-refractivity contribution in [2.24, 2.45) is 0 Å². The predicted molar refractivity (Wildman–Crippen MR) is 102 cm³/mol. The third-order valence-electron chi connectivity index (χ3n) is 4.47. The van der Waals surface area contributed by atoms with Crippen molar-refractivity contribution < 1.29 is 19.2 Å². The normalized spacial score (nSPS) is 15.1. The summed E-state index contributed by atoms with van der Waals surface area (Å²) in [4.78, 5) is 27.4. The number of hydrogen-bond acceptors (Lipinski definition) is 3. The zero-order valence-electron chi connectivity index (χ0n) is 15.0. The molecule has 0 radical (unpaired) electrons. The van der Waals surface area contributed by atoms with E-state index in [0.717, 1.165) is 19.5 Å². The number of benzene rings is 1. The van der Waals surface area contributed by atoms with Gasteiger partial charge < -0.3 is 19.9 Å². The molecule has 6 nitrogen and oxygen atoms in total. The van der Waals surface area contributed by atoms with Crippen molar-refractivity contribution in [2.45, 2.75) is 12.8 Å². The number of amides is 2. The van der Waals surface area contributed by atoms with Gasteiger partial charge in [-0.15, -0.1) is 0 Å². The minimum Gasteiger partial charge on any atom is -0.385 e. The highest BCUT2D eigenvalue weighted by molar-refractivity contribution is 6.36. The number of nitrogens with one attached hydrogen (secondary N) is 2. The Balaban J connectivity index is 1.74. The Morgan fingerprint density at radius 2 is 1.88 bits per heavy atom. The van der Waals surface area contributed by atoms with Crippen molar-refractivity contribution in [1.29, 1.82) is 0 Å². The number of rotatable bonds is 8. The quantitative estimate of drug-likeness (QED) is 0.619. The first kappa shape index (κ1) is 21.0. The Hall–Kier alpha value is -1.34. The third-order valence-corrected chi connectivity index (χ3v) is 5.18. The molecule has 1 aliphatic heterocycles. The molecule has 8 heteroatoms. The molecule has 0 unspecified atom stereocenters. The summed E-state index contributed by atoms with van der Waals surface area (Å²) in [6, 6.07) is 5.24. The number of halogens is 2. The van der Waals surface area contributed by atoms with Crippen LogP contribution in [0.15, 0.2) is 18.2 Å². The smallest absolute Gasteiger partial charge is 0.275 e. The van der Waals surface area contributed by atoms with Crippen LogP contribution in [0.25, 0.3) is 0 Å². The first-order chi connectivity index (χ1) is 12.5. The van der Waals surface area contributed by atoms with E-state index in [1.807, 2.05) is 4.90 Å². The fourth-order valence-corrected chi connectivity index (χ4v) is 3.48. The number of quaternary nitrogens is 1. The lowest BCUT2D eigenvalue weighted by Crippen LogP contribution is -3.15. The maximum atomic E-state index is 12.5. The van der Waals surface area contributed by atoms with Crippen LogP contribution in [-0.4, -0.2) is 69.7 Å². The van der Waals surface area contributed by atoms with Gasteiger partial charge in [-0.1, -0.05) is 29.3 Å². The van der Waals surface area contributed by atoms with Gasteiger partial charge in [0, 0.05) is 30.3 Å². The molecule has 0 saturated carbocycles. The average molecular weight is 403 g/mol. The van der Waals surface area contributed by atoms with Gasteiger partial charge >= 0.3 is 0 Å². The molecule has 1 aromatic carbocycles. The monoisotopic (exact) mass is 402 g/mol. The molecule has 1 fully saturated rings. The van der Waals surface area contributed by atoms with E-state index in [-0.39, 0.29) is 18.2 Å². The Kier molecular flexibility index (Phi) is 8.65. The Labute approximate surface area is 164 Å². The third kappa shape index (κ3) is 6.43. The lowest BCUT2D eigenvalue weighted by atomic mass is 10.1. The lowest BCUT2D eigenvalue weighted by molar-refractivity contribution is -0.896. The van der Waals surface area contributed by atoms with Gasteiger partial charge in [0.15, 0.2) is 6.54 Å². The second-order valence-electron chi connectivity index (χ2n) is 6.38. The molecule has 1 saturated heterocycles. The summed E-state index contributed by atoms with van der Waals surface area (Å²) in [5, 5.41) is 3.92. The molecule has 144 valence electrons. The summed E-state index contributed by atoms with van der Waals surface area (Å²) >= 11 is 12.3. The largest absolute Gasteiger partial charge is 0.385 e. The fourth-order valence-electron chi connectivity index (χ4n) is 2.95. The summed E-state index contributed by atoms with van der Waals surface area (Å²) in [6.07, 6.45) is 1.01. The first-order valence-corrected chi connectivity index (χ1v) is 9.56. The number of carbonyl (C=O) groups is 2. The summed E-state index contributed by atoms with van der Waals surface area (Å²) in [5.41, 5.74) is 0.672. The number of methoxy groups -OCH3 is 1. The van der Waals surface area contributed by atoms with Crippen molar-refractivity contribution in [3.8, 4) is 0 Å². The molecular formula is C18H26Cl2N3O3+. The Morgan fingerprint density at radius 1 is 1.23 bits per heavy atom. The number of hydrogen-bond donors (Lipinski definition) is 2. The summed E-state index contributed by atoms with van der Waals surface area (Å²) in [5.74, 6) is 0.0572. The number of nitrogens with zero attached hydrogens (tertiary/aromatic N) is 1. The van der Waals surface area contributed by atoms with Gasteiger partial charge in [-0.25, -0.2) is 0 Å². The summed E-state index contributed by atoms with van der Waals surface area (Å²) < 4.78 is 4.95. The maximum Gasteiger partial charge on any atom is 0.275 e. The zero-order chi connectivity index (χ0) is 18.9. The van der Waals surface area contributed by atoms with Gasteiger partial charge in [0.25, 0.3) is 5.91 Å². The van der Waals surface area contributed by atoms with E-state index in [1.54, 1.807) is 25.3 Å². The van der Waals surface area contributed by atoms with Crippen LogP contribution < -0.4 is 10.2 Å². The van der Waals surface area contributed by atoms with Crippen LogP contribution in [0.3, 0.4) is 0 Å². The molecule has 26 heavy (non-hydrogen) atoms. The van der Waals surface area contributed by atoms with Crippen LogP contribution in [0.4, 0.5) is 0 Å². The minimum absolute atomic E-state index is 0.0167. The van der Waals surface area contributed by atoms with Gasteiger partial charge in [-0.2, -0.15) is 0 Å². The van der Waals surface area contributed by atoms with Gasteiger partial charge in [0.2, 0.25) is 5.91 Å². The van der Waals surface area contributed by atoms with Gasteiger partial charge in [-0.05, 0) is 24.1 Å². The standard InChI is InChI=1S/C18H25Cl2N3O3/c1-26-11-3-6-21-17(24)13-22-7-9-23(10-8-22)18(25)12-14-15(19)4-2-5-16(14)20/h2,4-5H,3,6-13H2,1H3,(H,21,24)/p+1. The molecule has 0 bridgehead atoms. The second-order valence-corrected chi connectivity index (χ2v) is 7.20. The van der Waals surface area contributed by atoms with Crippen LogP contribution >= 0.6 is 23.2 Å². The van der Waals surface area contributed by atoms with Crippen molar-refractivity contribution in [3.63, 3.8) is 0 Å². The molecule has 0 atom stereocenters. The molecule has 1 aliphatic rings. The first-order valence-electron chi connectivity index (χ1n) is 8.81. The SMILES string of the molecule is COCCCNC(=O)C[NH+]1CCN(C(=O)Cc2c(Cl)cccc2Cl)CC1. The molecule has 1 heterocycles. The highest BCUT2D eigenvalue weighted by Gasteiger charge is 2.25. The van der Waals surface area contributed by atoms with Crippen LogP contribution in [0.1, 0.15) is 12.0 Å². The minimum atomic E-state index is 0.0167. The Morgan fingerprint density at radius 3 is 2.50 bits per heavy atom. The molecule has 0 aromatic heterocycles. The number of piperazine rings is 1. The van der Waals surface area contributed by atoms with E-state index >= 15 is 0 Å². The van der Waals surface area contributed by atoms with Crippen molar-refractivity contribution >= 4 is 35.0 Å². The average Bonchev–Trinajstić information content (AvgIpc) is 2.62. The van der Waals surface area contributed by atoms with Crippen LogP contribution in [0, 0.1) is 0 Å². The summed E-state index contributed by atoms with van der Waals surface area (Å²) in [7, 11) is 1.65. The van der Waals surface area contributed by atoms with Crippen LogP contribution in [0.5, 0.6) is 0 Å². The van der Waals surface area contributed by atoms with Crippen molar-refractivity contribution in [2.75, 3.05) is 53.0 Å². The van der Waals surface area contributed by atoms with Crippen LogP contribution in [-0.2, 0) is 20.7 Å². The highest BCUT2D eigenvalue weighted by atomic mass is 35.5. The summed E-state index contributed by atoms with van der Waals surface area (Å²) in [6.45, 7) is 4.49. The molecule has 0 spiro atoms. The molecule has 2 amide bonds. The topological polar surface area (TPSA) is 63.1 Å². The lowest BCUT2D eigenvalue weighted by Gasteiger charge is -2.32. The van der Waals surface area contributed by atoms with E-state index in [4.69, 9.17) is 27.9 Å². The second kappa shape index (κ2) is 10.7. The predicted octanol–water partition coefficient (Wildman–Crippen LogP) is 0.416. The highest BCUT2D eigenvalue weighted by Crippen LogP contribution is 2.25. The van der Waals surface area contributed by atoms with E-state index in [2.05, 4.69) is 5.32 Å². The van der Waals surface area contributed by atoms with E-state index in [0.29, 0.717) is 48.4 Å². The van der Waals surface area contributed by atoms with E-state index in [9.17, 15) is 9.59 Å². The van der Waals surface area contributed by atoms with E-state index < -0.39 is 0 Å². The molecule has 2 rings (SSSR count). The fraction of sp³-hybridized carbons (Fsp3) is 0.556. The van der Waals surface area contributed by atoms with Gasteiger partial charge in [-0.3, -0.25) is 9.59 Å².